The van der Waals surface area contributed by atoms with Gasteiger partial charge in [-0.25, -0.2) is 4.79 Å². The molecule has 2 aliphatic rings. The Morgan fingerprint density at radius 1 is 1.32 bits per heavy atom. The Morgan fingerprint density at radius 3 is 2.71 bits per heavy atom. The van der Waals surface area contributed by atoms with E-state index in [0.29, 0.717) is 36.6 Å². The third-order valence-electron chi connectivity index (χ3n) is 5.71. The van der Waals surface area contributed by atoms with Crippen LogP contribution in [0.2, 0.25) is 0 Å². The van der Waals surface area contributed by atoms with Crippen LogP contribution in [0.25, 0.3) is 0 Å². The molecule has 156 valence electrons. The Kier molecular flexibility index (Phi) is 6.78. The minimum Gasteiger partial charge on any atom is -0.462 e. The maximum absolute atomic E-state index is 12.6. The molecule has 2 N–H and O–H groups in total. The Balaban J connectivity index is 1.69. The number of carbonyl (C=O) groups is 2. The first-order valence-corrected chi connectivity index (χ1v) is 11.2. The van der Waals surface area contributed by atoms with Gasteiger partial charge in [-0.15, -0.1) is 11.3 Å². The van der Waals surface area contributed by atoms with Crippen molar-refractivity contribution in [1.82, 2.24) is 0 Å². The van der Waals surface area contributed by atoms with Gasteiger partial charge in [0.15, 0.2) is 0 Å². The number of thiophene rings is 1. The molecule has 7 heteroatoms. The second kappa shape index (κ2) is 8.93. The number of carbonyl (C=O) groups excluding carboxylic acids is 2. The summed E-state index contributed by atoms with van der Waals surface area (Å²) < 4.78 is 11.2. The number of rotatable bonds is 6. The largest absolute Gasteiger partial charge is 0.462 e. The highest BCUT2D eigenvalue weighted by molar-refractivity contribution is 7.17. The SMILES string of the molecule is CCOC(=O)c1c(NC(=O)CC[NH+]2CCC(C)CC2)sc2c1CC(C)(C)OC2. The molecule has 28 heavy (non-hydrogen) atoms. The van der Waals surface area contributed by atoms with Crippen LogP contribution in [0.4, 0.5) is 5.00 Å². The van der Waals surface area contributed by atoms with E-state index in [0.717, 1.165) is 36.0 Å². The van der Waals surface area contributed by atoms with E-state index in [-0.39, 0.29) is 17.5 Å². The van der Waals surface area contributed by atoms with Crippen LogP contribution in [0.3, 0.4) is 0 Å². The van der Waals surface area contributed by atoms with E-state index >= 15 is 0 Å². The minimum absolute atomic E-state index is 0.0320. The van der Waals surface area contributed by atoms with Crippen LogP contribution in [0.1, 0.15) is 67.8 Å². The molecule has 3 rings (SSSR count). The Labute approximate surface area is 171 Å². The van der Waals surface area contributed by atoms with Gasteiger partial charge in [-0.1, -0.05) is 6.92 Å². The van der Waals surface area contributed by atoms with E-state index in [9.17, 15) is 9.59 Å². The number of quaternary nitrogens is 1. The van der Waals surface area contributed by atoms with Crippen molar-refractivity contribution in [2.45, 2.75) is 65.6 Å². The second-order valence-electron chi connectivity index (χ2n) is 8.63. The fraction of sp³-hybridized carbons (Fsp3) is 0.714. The first-order chi connectivity index (χ1) is 13.3. The molecule has 0 bridgehead atoms. The molecule has 0 saturated carbocycles. The Bertz CT molecular complexity index is 720. The fourth-order valence-electron chi connectivity index (χ4n) is 3.96. The molecule has 1 fully saturated rings. The number of anilines is 1. The molecule has 0 radical (unpaired) electrons. The molecule has 1 amide bonds. The standard InChI is InChI=1S/C21H32N2O4S/c1-5-26-20(25)18-15-12-21(3,4)27-13-16(15)28-19(18)22-17(24)8-11-23-9-6-14(2)7-10-23/h14H,5-13H2,1-4H3,(H,22,24)/p+1. The lowest BCUT2D eigenvalue weighted by Crippen LogP contribution is -3.13. The van der Waals surface area contributed by atoms with Crippen molar-refractivity contribution in [2.24, 2.45) is 5.92 Å². The first-order valence-electron chi connectivity index (χ1n) is 10.4. The van der Waals surface area contributed by atoms with Gasteiger partial charge in [0.25, 0.3) is 0 Å². The van der Waals surface area contributed by atoms with Crippen LogP contribution in [-0.4, -0.2) is 43.7 Å². The molecule has 0 atom stereocenters. The summed E-state index contributed by atoms with van der Waals surface area (Å²) in [6, 6.07) is 0. The van der Waals surface area contributed by atoms with Crippen molar-refractivity contribution in [3.63, 3.8) is 0 Å². The molecule has 2 aliphatic heterocycles. The zero-order valence-electron chi connectivity index (χ0n) is 17.5. The summed E-state index contributed by atoms with van der Waals surface area (Å²) in [5.74, 6) is 0.410. The van der Waals surface area contributed by atoms with Crippen molar-refractivity contribution >= 4 is 28.2 Å². The molecule has 1 saturated heterocycles. The molecule has 0 aliphatic carbocycles. The van der Waals surface area contributed by atoms with Gasteiger partial charge in [0, 0.05) is 11.3 Å². The van der Waals surface area contributed by atoms with E-state index < -0.39 is 0 Å². The van der Waals surface area contributed by atoms with Crippen LogP contribution in [0.5, 0.6) is 0 Å². The highest BCUT2D eigenvalue weighted by Crippen LogP contribution is 2.40. The maximum Gasteiger partial charge on any atom is 0.341 e. The van der Waals surface area contributed by atoms with Crippen LogP contribution < -0.4 is 10.2 Å². The minimum atomic E-state index is -0.358. The quantitative estimate of drug-likeness (QED) is 0.708. The molecule has 1 aromatic heterocycles. The molecule has 1 aromatic rings. The van der Waals surface area contributed by atoms with E-state index in [1.807, 2.05) is 13.8 Å². The van der Waals surface area contributed by atoms with Crippen molar-refractivity contribution < 1.29 is 24.0 Å². The number of fused-ring (bicyclic) bond motifs is 1. The van der Waals surface area contributed by atoms with Crippen LogP contribution in [-0.2, 0) is 27.3 Å². The topological polar surface area (TPSA) is 69.1 Å². The number of hydrogen-bond acceptors (Lipinski definition) is 5. The zero-order valence-corrected chi connectivity index (χ0v) is 18.3. The predicted octanol–water partition coefficient (Wildman–Crippen LogP) is 2.42. The van der Waals surface area contributed by atoms with Crippen LogP contribution in [0.15, 0.2) is 0 Å². The second-order valence-corrected chi connectivity index (χ2v) is 9.74. The maximum atomic E-state index is 12.6. The number of ether oxygens (including phenoxy) is 2. The van der Waals surface area contributed by atoms with Gasteiger partial charge in [-0.3, -0.25) is 4.79 Å². The smallest absolute Gasteiger partial charge is 0.341 e. The lowest BCUT2D eigenvalue weighted by Gasteiger charge is -2.30. The average molecular weight is 410 g/mol. The van der Waals surface area contributed by atoms with Gasteiger partial charge in [-0.05, 0) is 45.1 Å². The van der Waals surface area contributed by atoms with Crippen LogP contribution >= 0.6 is 11.3 Å². The van der Waals surface area contributed by atoms with E-state index in [2.05, 4.69) is 12.2 Å². The monoisotopic (exact) mass is 409 g/mol. The number of nitrogens with one attached hydrogen (secondary N) is 2. The van der Waals surface area contributed by atoms with Gasteiger partial charge >= 0.3 is 5.97 Å². The molecule has 0 spiro atoms. The molecular formula is C21H33N2O4S+. The highest BCUT2D eigenvalue weighted by Gasteiger charge is 2.34. The Hall–Kier alpha value is -1.44. The highest BCUT2D eigenvalue weighted by atomic mass is 32.1. The summed E-state index contributed by atoms with van der Waals surface area (Å²) in [6.07, 6.45) is 3.57. The molecule has 0 aromatic carbocycles. The van der Waals surface area contributed by atoms with E-state index in [4.69, 9.17) is 9.47 Å². The molecule has 0 unspecified atom stereocenters. The van der Waals surface area contributed by atoms with Gasteiger partial charge in [-0.2, -0.15) is 0 Å². The lowest BCUT2D eigenvalue weighted by molar-refractivity contribution is -0.905. The fourth-order valence-corrected chi connectivity index (χ4v) is 5.10. The number of likely N-dealkylation sites (tertiary alicyclic amines) is 1. The number of amides is 1. The van der Waals surface area contributed by atoms with Crippen molar-refractivity contribution in [3.05, 3.63) is 16.0 Å². The molecular weight excluding hydrogens is 376 g/mol. The average Bonchev–Trinajstić information content (AvgIpc) is 2.97. The van der Waals surface area contributed by atoms with E-state index in [1.165, 1.54) is 29.1 Å². The van der Waals surface area contributed by atoms with Gasteiger partial charge in [0.05, 0.1) is 50.4 Å². The van der Waals surface area contributed by atoms with Crippen molar-refractivity contribution in [3.8, 4) is 0 Å². The first kappa shape index (κ1) is 21.3. The Morgan fingerprint density at radius 2 is 2.04 bits per heavy atom. The molecule has 6 nitrogen and oxygen atoms in total. The number of piperidine rings is 1. The summed E-state index contributed by atoms with van der Waals surface area (Å²) in [7, 11) is 0. The van der Waals surface area contributed by atoms with Gasteiger partial charge < -0.3 is 19.7 Å². The normalized spacial score (nSPS) is 23.7. The third kappa shape index (κ3) is 5.13. The van der Waals surface area contributed by atoms with Crippen LogP contribution in [0, 0.1) is 5.92 Å². The summed E-state index contributed by atoms with van der Waals surface area (Å²) in [5, 5.41) is 3.60. The lowest BCUT2D eigenvalue weighted by atomic mass is 9.93. The van der Waals surface area contributed by atoms with Gasteiger partial charge in [0.1, 0.15) is 5.00 Å². The third-order valence-corrected chi connectivity index (χ3v) is 6.83. The predicted molar refractivity (Wildman–Crippen MR) is 110 cm³/mol. The van der Waals surface area contributed by atoms with Crippen molar-refractivity contribution in [1.29, 1.82) is 0 Å². The van der Waals surface area contributed by atoms with Crippen molar-refractivity contribution in [2.75, 3.05) is 31.6 Å². The summed E-state index contributed by atoms with van der Waals surface area (Å²) in [5.41, 5.74) is 1.15. The summed E-state index contributed by atoms with van der Waals surface area (Å²) in [6.45, 7) is 12.0. The van der Waals surface area contributed by atoms with E-state index in [1.54, 1.807) is 6.92 Å². The molecule has 3 heterocycles. The number of hydrogen-bond donors (Lipinski definition) is 2. The van der Waals surface area contributed by atoms with Gasteiger partial charge in [0.2, 0.25) is 5.91 Å². The summed E-state index contributed by atoms with van der Waals surface area (Å²) in [4.78, 5) is 27.7. The number of esters is 1. The zero-order chi connectivity index (χ0) is 20.3. The summed E-state index contributed by atoms with van der Waals surface area (Å²) >= 11 is 1.44.